The van der Waals surface area contributed by atoms with Gasteiger partial charge in [-0.05, 0) is 62.0 Å². The number of thiazole rings is 1. The fraction of sp³-hybridized carbons (Fsp3) is 0.207. The van der Waals surface area contributed by atoms with Crippen molar-refractivity contribution in [1.82, 2.24) is 19.8 Å². The van der Waals surface area contributed by atoms with Gasteiger partial charge in [0, 0.05) is 18.8 Å². The summed E-state index contributed by atoms with van der Waals surface area (Å²) >= 11 is 3.37. The molecule has 0 atom stereocenters. The highest BCUT2D eigenvalue weighted by Gasteiger charge is 2.20. The number of hydrogen-bond acceptors (Lipinski definition) is 7. The van der Waals surface area contributed by atoms with Crippen LogP contribution in [0.25, 0.3) is 15.9 Å². The summed E-state index contributed by atoms with van der Waals surface area (Å²) in [5.74, 6) is 0. The van der Waals surface area contributed by atoms with E-state index in [-0.39, 0.29) is 0 Å². The maximum Gasteiger partial charge on any atom is 0.157 e. The fourth-order valence-electron chi connectivity index (χ4n) is 4.45. The van der Waals surface area contributed by atoms with E-state index in [1.54, 1.807) is 23.1 Å². The summed E-state index contributed by atoms with van der Waals surface area (Å²) in [5.41, 5.74) is 6.62. The maximum absolute atomic E-state index is 4.91. The molecule has 0 aliphatic carbocycles. The van der Waals surface area contributed by atoms with Crippen LogP contribution in [0, 0.1) is 13.8 Å². The second-order valence-electron chi connectivity index (χ2n) is 9.12. The average molecular weight is 525 g/mol. The van der Waals surface area contributed by atoms with E-state index in [9.17, 15) is 0 Å². The van der Waals surface area contributed by atoms with Crippen molar-refractivity contribution >= 4 is 45.2 Å². The molecule has 8 heteroatoms. The van der Waals surface area contributed by atoms with Crippen LogP contribution < -0.4 is 4.90 Å². The van der Waals surface area contributed by atoms with E-state index >= 15 is 0 Å². The van der Waals surface area contributed by atoms with Crippen molar-refractivity contribution in [3.63, 3.8) is 0 Å². The van der Waals surface area contributed by atoms with Crippen molar-refractivity contribution in [2.24, 2.45) is 5.10 Å². The number of aromatic nitrogens is 3. The Morgan fingerprint density at radius 1 is 0.838 bits per heavy atom. The second kappa shape index (κ2) is 10.4. The average Bonchev–Trinajstić information content (AvgIpc) is 3.49. The van der Waals surface area contributed by atoms with Crippen molar-refractivity contribution in [3.8, 4) is 5.69 Å². The van der Waals surface area contributed by atoms with Gasteiger partial charge in [-0.3, -0.25) is 5.01 Å². The van der Waals surface area contributed by atoms with Gasteiger partial charge < -0.3 is 4.90 Å². The lowest BCUT2D eigenvalue weighted by atomic mass is 10.2. The van der Waals surface area contributed by atoms with Gasteiger partial charge in [-0.15, -0.1) is 11.3 Å². The normalized spacial score (nSPS) is 14.2. The topological polar surface area (TPSA) is 49.5 Å². The summed E-state index contributed by atoms with van der Waals surface area (Å²) < 4.78 is 4.21. The fourth-order valence-corrected chi connectivity index (χ4v) is 6.67. The van der Waals surface area contributed by atoms with Crippen LogP contribution in [-0.4, -0.2) is 52.2 Å². The molecule has 186 valence electrons. The van der Waals surface area contributed by atoms with Gasteiger partial charge in [0.15, 0.2) is 4.34 Å². The standard InChI is InChI=1S/C29H28N6S2/c1-21-12-14-23(15-13-21)33-16-18-34(19-17-33)30-20-25-22(2)32-35(24-8-4-3-5-9-24)28(25)37-29-31-26-10-6-7-11-27(26)36-29/h3-15,20H,16-19H2,1-2H3. The molecule has 1 saturated heterocycles. The number of benzene rings is 3. The van der Waals surface area contributed by atoms with Gasteiger partial charge in [0.2, 0.25) is 0 Å². The van der Waals surface area contributed by atoms with E-state index in [1.165, 1.54) is 16.0 Å². The quantitative estimate of drug-likeness (QED) is 0.240. The molecule has 6 rings (SSSR count). The van der Waals surface area contributed by atoms with Gasteiger partial charge in [-0.25, -0.2) is 9.67 Å². The van der Waals surface area contributed by atoms with Crippen LogP contribution in [0.1, 0.15) is 16.8 Å². The first-order chi connectivity index (χ1) is 18.1. The van der Waals surface area contributed by atoms with Gasteiger partial charge in [-0.1, -0.05) is 48.0 Å². The second-order valence-corrected chi connectivity index (χ2v) is 11.4. The first-order valence-corrected chi connectivity index (χ1v) is 14.1. The number of rotatable bonds is 6. The minimum atomic E-state index is 0.886. The molecule has 6 nitrogen and oxygen atoms in total. The predicted octanol–water partition coefficient (Wildman–Crippen LogP) is 6.41. The molecule has 5 aromatic rings. The van der Waals surface area contributed by atoms with Crippen molar-refractivity contribution in [2.75, 3.05) is 31.1 Å². The third-order valence-electron chi connectivity index (χ3n) is 6.53. The molecule has 1 aliphatic heterocycles. The third kappa shape index (κ3) is 5.12. The number of hydrogen-bond donors (Lipinski definition) is 0. The molecule has 1 aliphatic rings. The molecular formula is C29H28N6S2. The molecule has 0 spiro atoms. The van der Waals surface area contributed by atoms with Crippen LogP contribution in [0.15, 0.2) is 93.3 Å². The van der Waals surface area contributed by atoms with Gasteiger partial charge in [0.25, 0.3) is 0 Å². The van der Waals surface area contributed by atoms with E-state index < -0.39 is 0 Å². The molecule has 37 heavy (non-hydrogen) atoms. The van der Waals surface area contributed by atoms with E-state index in [4.69, 9.17) is 15.2 Å². The zero-order chi connectivity index (χ0) is 25.2. The highest BCUT2D eigenvalue weighted by Crippen LogP contribution is 2.37. The number of nitrogens with zero attached hydrogens (tertiary/aromatic N) is 6. The molecule has 2 aromatic heterocycles. The smallest absolute Gasteiger partial charge is 0.157 e. The van der Waals surface area contributed by atoms with Gasteiger partial charge in [0.05, 0.1) is 46.5 Å². The Morgan fingerprint density at radius 3 is 2.32 bits per heavy atom. The minimum Gasteiger partial charge on any atom is -0.368 e. The molecule has 3 heterocycles. The Balaban J connectivity index is 1.26. The van der Waals surface area contributed by atoms with Crippen LogP contribution in [0.5, 0.6) is 0 Å². The SMILES string of the molecule is Cc1ccc(N2CCN(N=Cc3c(C)nn(-c4ccccc4)c3Sc3nc4ccccc4s3)CC2)cc1. The van der Waals surface area contributed by atoms with Gasteiger partial charge in [-0.2, -0.15) is 10.2 Å². The number of anilines is 1. The molecule has 0 saturated carbocycles. The highest BCUT2D eigenvalue weighted by atomic mass is 32.2. The molecule has 3 aromatic carbocycles. The Labute approximate surface area is 225 Å². The number of para-hydroxylation sites is 2. The predicted molar refractivity (Wildman–Crippen MR) is 155 cm³/mol. The molecule has 0 amide bonds. The van der Waals surface area contributed by atoms with Gasteiger partial charge >= 0.3 is 0 Å². The third-order valence-corrected chi connectivity index (χ3v) is 8.71. The highest BCUT2D eigenvalue weighted by molar-refractivity contribution is 8.01. The van der Waals surface area contributed by atoms with E-state index in [0.29, 0.717) is 0 Å². The molecule has 1 fully saturated rings. The van der Waals surface area contributed by atoms with E-state index in [0.717, 1.165) is 58.0 Å². The van der Waals surface area contributed by atoms with Crippen LogP contribution in [0.4, 0.5) is 5.69 Å². The lowest BCUT2D eigenvalue weighted by Crippen LogP contribution is -2.44. The Bertz CT molecular complexity index is 1500. The van der Waals surface area contributed by atoms with Crippen LogP contribution in [0.3, 0.4) is 0 Å². The van der Waals surface area contributed by atoms with E-state index in [2.05, 4.69) is 78.4 Å². The zero-order valence-electron chi connectivity index (χ0n) is 20.9. The van der Waals surface area contributed by atoms with Crippen LogP contribution in [-0.2, 0) is 0 Å². The summed E-state index contributed by atoms with van der Waals surface area (Å²) in [6.45, 7) is 7.86. The summed E-state index contributed by atoms with van der Waals surface area (Å²) in [6, 6.07) is 27.3. The van der Waals surface area contributed by atoms with Crippen LogP contribution >= 0.6 is 23.1 Å². The molecular weight excluding hydrogens is 496 g/mol. The Kier molecular flexibility index (Phi) is 6.68. The van der Waals surface area contributed by atoms with Crippen molar-refractivity contribution in [2.45, 2.75) is 23.2 Å². The van der Waals surface area contributed by atoms with E-state index in [1.807, 2.05) is 35.2 Å². The lowest BCUT2D eigenvalue weighted by molar-refractivity contribution is 0.272. The minimum absolute atomic E-state index is 0.886. The number of piperazine rings is 1. The van der Waals surface area contributed by atoms with Crippen LogP contribution in [0.2, 0.25) is 0 Å². The Morgan fingerprint density at radius 2 is 1.57 bits per heavy atom. The zero-order valence-corrected chi connectivity index (χ0v) is 22.5. The molecule has 0 N–H and O–H groups in total. The largest absolute Gasteiger partial charge is 0.368 e. The Hall–Kier alpha value is -3.62. The molecule has 0 radical (unpaired) electrons. The summed E-state index contributed by atoms with van der Waals surface area (Å²) in [7, 11) is 0. The summed E-state index contributed by atoms with van der Waals surface area (Å²) in [5, 5.41) is 13.0. The van der Waals surface area contributed by atoms with Crippen molar-refractivity contribution < 1.29 is 0 Å². The molecule has 0 unspecified atom stereocenters. The van der Waals surface area contributed by atoms with Crippen molar-refractivity contribution in [3.05, 3.63) is 95.7 Å². The lowest BCUT2D eigenvalue weighted by Gasteiger charge is -2.34. The first-order valence-electron chi connectivity index (χ1n) is 12.4. The summed E-state index contributed by atoms with van der Waals surface area (Å²) in [4.78, 5) is 7.29. The monoisotopic (exact) mass is 524 g/mol. The van der Waals surface area contributed by atoms with Crippen molar-refractivity contribution in [1.29, 1.82) is 0 Å². The molecule has 0 bridgehead atoms. The number of fused-ring (bicyclic) bond motifs is 1. The van der Waals surface area contributed by atoms with Gasteiger partial charge in [0.1, 0.15) is 5.03 Å². The maximum atomic E-state index is 4.91. The number of hydrazone groups is 1. The first kappa shape index (κ1) is 23.8. The summed E-state index contributed by atoms with van der Waals surface area (Å²) in [6.07, 6.45) is 1.99. The number of aryl methyl sites for hydroxylation is 2.